The highest BCUT2D eigenvalue weighted by atomic mass is 16.5. The summed E-state index contributed by atoms with van der Waals surface area (Å²) in [4.78, 5) is 14.0. The summed E-state index contributed by atoms with van der Waals surface area (Å²) in [5.74, 6) is -0.201. The lowest BCUT2D eigenvalue weighted by molar-refractivity contribution is -0.149. The Morgan fingerprint density at radius 3 is 2.38 bits per heavy atom. The van der Waals surface area contributed by atoms with Gasteiger partial charge in [0, 0.05) is 18.8 Å². The van der Waals surface area contributed by atoms with E-state index in [9.17, 15) is 4.79 Å². The maximum atomic E-state index is 11.8. The monoisotopic (exact) mass is 223 g/mol. The van der Waals surface area contributed by atoms with Gasteiger partial charge in [-0.1, -0.05) is 12.7 Å². The van der Waals surface area contributed by atoms with Gasteiger partial charge in [-0.25, -0.2) is 0 Å². The molecule has 1 fully saturated rings. The Morgan fingerprint density at radius 1 is 1.38 bits per heavy atom. The third-order valence-electron chi connectivity index (χ3n) is 3.06. The van der Waals surface area contributed by atoms with Crippen molar-refractivity contribution in [3.8, 4) is 0 Å². The average molecular weight is 223 g/mol. The van der Waals surface area contributed by atoms with Gasteiger partial charge in [-0.3, -0.25) is 4.79 Å². The minimum atomic E-state index is -0.604. The van der Waals surface area contributed by atoms with Gasteiger partial charge in [0.05, 0.1) is 7.11 Å². The van der Waals surface area contributed by atoms with E-state index in [0.717, 1.165) is 18.8 Å². The van der Waals surface area contributed by atoms with Gasteiger partial charge in [-0.2, -0.15) is 0 Å². The molecule has 0 amide bonds. The Kier molecular flexibility index (Phi) is 4.16. The SMILES string of the molecule is C=C/C=C(/N1CCCC1)C(C)(C)C(=O)OC. The smallest absolute Gasteiger partial charge is 0.317 e. The van der Waals surface area contributed by atoms with Crippen LogP contribution in [0.25, 0.3) is 0 Å². The van der Waals surface area contributed by atoms with Crippen molar-refractivity contribution in [3.63, 3.8) is 0 Å². The van der Waals surface area contributed by atoms with E-state index >= 15 is 0 Å². The number of allylic oxidation sites excluding steroid dienone is 2. The van der Waals surface area contributed by atoms with Crippen molar-refractivity contribution in [2.75, 3.05) is 20.2 Å². The molecule has 0 N–H and O–H groups in total. The molecule has 0 saturated carbocycles. The molecule has 0 aromatic carbocycles. The van der Waals surface area contributed by atoms with Gasteiger partial charge in [0.15, 0.2) is 0 Å². The molecule has 1 saturated heterocycles. The molecule has 0 unspecified atom stereocenters. The van der Waals surface area contributed by atoms with Crippen molar-refractivity contribution in [2.24, 2.45) is 5.41 Å². The Balaban J connectivity index is 2.96. The summed E-state index contributed by atoms with van der Waals surface area (Å²) in [6, 6.07) is 0. The number of hydrogen-bond donors (Lipinski definition) is 0. The van der Waals surface area contributed by atoms with Gasteiger partial charge >= 0.3 is 5.97 Å². The van der Waals surface area contributed by atoms with Crippen molar-refractivity contribution in [2.45, 2.75) is 26.7 Å². The minimum Gasteiger partial charge on any atom is -0.468 e. The first-order chi connectivity index (χ1) is 7.54. The Hall–Kier alpha value is -1.25. The van der Waals surface area contributed by atoms with Gasteiger partial charge in [0.1, 0.15) is 5.41 Å². The maximum absolute atomic E-state index is 11.8. The lowest BCUT2D eigenvalue weighted by Gasteiger charge is -2.32. The van der Waals surface area contributed by atoms with Gasteiger partial charge in [-0.05, 0) is 32.8 Å². The molecule has 1 rings (SSSR count). The number of nitrogens with zero attached hydrogens (tertiary/aromatic N) is 1. The van der Waals surface area contributed by atoms with E-state index in [2.05, 4.69) is 11.5 Å². The zero-order valence-corrected chi connectivity index (χ0v) is 10.5. The second-order valence-corrected chi connectivity index (χ2v) is 4.60. The van der Waals surface area contributed by atoms with Crippen molar-refractivity contribution >= 4 is 5.97 Å². The van der Waals surface area contributed by atoms with Crippen LogP contribution < -0.4 is 0 Å². The zero-order valence-electron chi connectivity index (χ0n) is 10.5. The molecular weight excluding hydrogens is 202 g/mol. The van der Waals surface area contributed by atoms with Crippen LogP contribution in [0.4, 0.5) is 0 Å². The molecule has 1 heterocycles. The molecule has 1 aliphatic rings. The first-order valence-electron chi connectivity index (χ1n) is 5.70. The quantitative estimate of drug-likeness (QED) is 0.541. The summed E-state index contributed by atoms with van der Waals surface area (Å²) in [5.41, 5.74) is 0.402. The summed E-state index contributed by atoms with van der Waals surface area (Å²) < 4.78 is 4.86. The van der Waals surface area contributed by atoms with Crippen LogP contribution in [-0.4, -0.2) is 31.1 Å². The standard InChI is InChI=1S/C13H21NO2/c1-5-8-11(14-9-6-7-10-14)13(2,3)12(15)16-4/h5,8H,1,6-7,9-10H2,2-4H3/b11-8+. The van der Waals surface area contributed by atoms with E-state index < -0.39 is 5.41 Å². The number of esters is 1. The molecule has 90 valence electrons. The van der Waals surface area contributed by atoms with Gasteiger partial charge in [-0.15, -0.1) is 0 Å². The fraction of sp³-hybridized carbons (Fsp3) is 0.615. The first-order valence-corrected chi connectivity index (χ1v) is 5.70. The Bertz CT molecular complexity index is 299. The molecule has 0 spiro atoms. The third-order valence-corrected chi connectivity index (χ3v) is 3.06. The van der Waals surface area contributed by atoms with Crippen LogP contribution in [0.3, 0.4) is 0 Å². The summed E-state index contributed by atoms with van der Waals surface area (Å²) in [6.07, 6.45) is 6.03. The number of rotatable bonds is 4. The first kappa shape index (κ1) is 12.8. The van der Waals surface area contributed by atoms with Crippen LogP contribution in [0.1, 0.15) is 26.7 Å². The number of likely N-dealkylation sites (tertiary alicyclic amines) is 1. The lowest BCUT2D eigenvalue weighted by atomic mass is 9.88. The van der Waals surface area contributed by atoms with E-state index in [4.69, 9.17) is 4.74 Å². The number of methoxy groups -OCH3 is 1. The second-order valence-electron chi connectivity index (χ2n) is 4.60. The van der Waals surface area contributed by atoms with Crippen LogP contribution in [0.2, 0.25) is 0 Å². The Labute approximate surface area is 97.8 Å². The molecule has 1 aliphatic heterocycles. The van der Waals surface area contributed by atoms with Crippen LogP contribution in [0, 0.1) is 5.41 Å². The Morgan fingerprint density at radius 2 is 1.94 bits per heavy atom. The highest BCUT2D eigenvalue weighted by Gasteiger charge is 2.36. The van der Waals surface area contributed by atoms with E-state index in [1.807, 2.05) is 19.9 Å². The molecule has 0 aromatic heterocycles. The van der Waals surface area contributed by atoms with Gasteiger partial charge in [0.25, 0.3) is 0 Å². The predicted octanol–water partition coefficient (Wildman–Crippen LogP) is 2.35. The second kappa shape index (κ2) is 5.19. The van der Waals surface area contributed by atoms with E-state index in [1.165, 1.54) is 20.0 Å². The average Bonchev–Trinajstić information content (AvgIpc) is 2.77. The summed E-state index contributed by atoms with van der Waals surface area (Å²) in [5, 5.41) is 0. The number of hydrogen-bond acceptors (Lipinski definition) is 3. The molecule has 0 aromatic rings. The molecule has 0 atom stereocenters. The van der Waals surface area contributed by atoms with Gasteiger partial charge in [0.2, 0.25) is 0 Å². The summed E-state index contributed by atoms with van der Waals surface area (Å²) in [6.45, 7) is 9.53. The van der Waals surface area contributed by atoms with Crippen molar-refractivity contribution in [1.29, 1.82) is 0 Å². The van der Waals surface area contributed by atoms with Crippen LogP contribution in [0.15, 0.2) is 24.4 Å². The largest absolute Gasteiger partial charge is 0.468 e. The lowest BCUT2D eigenvalue weighted by Crippen LogP contribution is -2.36. The fourth-order valence-corrected chi connectivity index (χ4v) is 2.14. The van der Waals surface area contributed by atoms with Crippen molar-refractivity contribution in [3.05, 3.63) is 24.4 Å². The zero-order chi connectivity index (χ0) is 12.2. The highest BCUT2D eigenvalue weighted by Crippen LogP contribution is 2.32. The fourth-order valence-electron chi connectivity index (χ4n) is 2.14. The molecule has 16 heavy (non-hydrogen) atoms. The maximum Gasteiger partial charge on any atom is 0.317 e. The normalized spacial score (nSPS) is 17.4. The van der Waals surface area contributed by atoms with E-state index in [-0.39, 0.29) is 5.97 Å². The van der Waals surface area contributed by atoms with Crippen LogP contribution >= 0.6 is 0 Å². The topological polar surface area (TPSA) is 29.5 Å². The summed E-state index contributed by atoms with van der Waals surface area (Å²) in [7, 11) is 1.43. The van der Waals surface area contributed by atoms with Crippen LogP contribution in [-0.2, 0) is 9.53 Å². The molecule has 3 heteroatoms. The van der Waals surface area contributed by atoms with E-state index in [0.29, 0.717) is 0 Å². The number of ether oxygens (including phenoxy) is 1. The van der Waals surface area contributed by atoms with Crippen molar-refractivity contribution in [1.82, 2.24) is 4.90 Å². The van der Waals surface area contributed by atoms with E-state index in [1.54, 1.807) is 6.08 Å². The molecule has 0 bridgehead atoms. The third kappa shape index (κ3) is 2.46. The van der Waals surface area contributed by atoms with Crippen LogP contribution in [0.5, 0.6) is 0 Å². The molecular formula is C13H21NO2. The molecule has 0 radical (unpaired) electrons. The van der Waals surface area contributed by atoms with Gasteiger partial charge < -0.3 is 9.64 Å². The number of carbonyl (C=O) groups excluding carboxylic acids is 1. The molecule has 3 nitrogen and oxygen atoms in total. The number of carbonyl (C=O) groups is 1. The van der Waals surface area contributed by atoms with Crippen molar-refractivity contribution < 1.29 is 9.53 Å². The summed E-state index contributed by atoms with van der Waals surface area (Å²) >= 11 is 0. The highest BCUT2D eigenvalue weighted by molar-refractivity contribution is 5.79. The molecule has 0 aliphatic carbocycles. The minimum absolute atomic E-state index is 0.201. The predicted molar refractivity (Wildman–Crippen MR) is 64.9 cm³/mol.